The number of esters is 1. The van der Waals surface area contributed by atoms with Crippen molar-refractivity contribution in [3.8, 4) is 11.4 Å². The number of nitrogens with one attached hydrogen (secondary N) is 6. The van der Waals surface area contributed by atoms with E-state index in [-0.39, 0.29) is 67.7 Å². The number of imide groups is 1. The normalized spacial score (nSPS) is 16.8. The van der Waals surface area contributed by atoms with Crippen LogP contribution >= 0.6 is 0 Å². The molecule has 0 fully saturated rings. The van der Waals surface area contributed by atoms with E-state index in [4.69, 9.17) is 14.5 Å². The zero-order valence-electron chi connectivity index (χ0n) is 42.4. The number of hydrogen-bond acceptors (Lipinski definition) is 13. The molecule has 2 aromatic carbocycles. The molecule has 0 bridgehead atoms. The molecule has 5 heterocycles. The predicted molar refractivity (Wildman–Crippen MR) is 267 cm³/mol. The number of nitrogens with zero attached hydrogens (tertiary/aromatic N) is 3. The molecular formula is C53H55F4N9O12. The van der Waals surface area contributed by atoms with Crippen LogP contribution in [0, 0.1) is 12.7 Å². The Morgan fingerprint density at radius 3 is 2.24 bits per heavy atom. The van der Waals surface area contributed by atoms with Crippen LogP contribution in [0.25, 0.3) is 22.3 Å². The quantitative estimate of drug-likeness (QED) is 0.0191. The lowest BCUT2D eigenvalue weighted by Gasteiger charge is -2.31. The second-order valence-corrected chi connectivity index (χ2v) is 19.1. The summed E-state index contributed by atoms with van der Waals surface area (Å²) in [5, 5.41) is 14.5. The Morgan fingerprint density at radius 1 is 0.833 bits per heavy atom. The van der Waals surface area contributed by atoms with Gasteiger partial charge in [0.15, 0.2) is 0 Å². The fourth-order valence-electron chi connectivity index (χ4n) is 10.0. The summed E-state index contributed by atoms with van der Waals surface area (Å²) in [7, 11) is 0. The van der Waals surface area contributed by atoms with Gasteiger partial charge in [-0.3, -0.25) is 52.8 Å². The second-order valence-electron chi connectivity index (χ2n) is 19.1. The molecule has 0 spiro atoms. The lowest BCUT2D eigenvalue weighted by Crippen LogP contribution is -2.52. The third-order valence-corrected chi connectivity index (χ3v) is 14.0. The fourth-order valence-corrected chi connectivity index (χ4v) is 10.0. The number of aromatic nitrogens is 2. The first-order valence-electron chi connectivity index (χ1n) is 25.2. The third kappa shape index (κ3) is 12.4. The summed E-state index contributed by atoms with van der Waals surface area (Å²) in [5.74, 6) is -8.11. The van der Waals surface area contributed by atoms with Gasteiger partial charge in [0.2, 0.25) is 35.6 Å². The van der Waals surface area contributed by atoms with E-state index < -0.39 is 121 Å². The van der Waals surface area contributed by atoms with Gasteiger partial charge in [-0.1, -0.05) is 43.7 Å². The van der Waals surface area contributed by atoms with Crippen LogP contribution in [0.15, 0.2) is 59.4 Å². The minimum Gasteiger partial charge on any atom is -0.460 e. The summed E-state index contributed by atoms with van der Waals surface area (Å²) >= 11 is 0. The van der Waals surface area contributed by atoms with Crippen LogP contribution in [0.5, 0.6) is 0 Å². The SMILES string of the molecule is CC[C@H]1C(=O)OCc2c1cc1n(c2=O)Cc2c-1nc1cc(F)c(C)c3c1c2[C@@H](NC(=O)[C@@H](OCNC(=O)CNC(=O)[C@H](Cc1ccccc1)NC(=O)CNC(=O)CNC(=O)CCCCCN1C(=O)C=CC1=O)C(F)(F)F)CC3. The molecule has 4 atom stereocenters. The minimum atomic E-state index is -5.31. The summed E-state index contributed by atoms with van der Waals surface area (Å²) in [4.78, 5) is 133. The van der Waals surface area contributed by atoms with Crippen LogP contribution in [0.2, 0.25) is 0 Å². The Morgan fingerprint density at radius 2 is 1.53 bits per heavy atom. The molecule has 3 aliphatic heterocycles. The van der Waals surface area contributed by atoms with Crippen molar-refractivity contribution >= 4 is 64.1 Å². The third-order valence-electron chi connectivity index (χ3n) is 14.0. The van der Waals surface area contributed by atoms with Gasteiger partial charge in [0.25, 0.3) is 23.3 Å². The van der Waals surface area contributed by atoms with Gasteiger partial charge in [-0.05, 0) is 72.9 Å². The number of cyclic esters (lactones) is 1. The number of carbonyl (C=O) groups is 9. The molecule has 0 radical (unpaired) electrons. The van der Waals surface area contributed by atoms with E-state index in [9.17, 15) is 61.1 Å². The highest BCUT2D eigenvalue weighted by molar-refractivity contribution is 6.12. The Bertz CT molecular complexity index is 3180. The monoisotopic (exact) mass is 1090 g/mol. The Balaban J connectivity index is 0.848. The summed E-state index contributed by atoms with van der Waals surface area (Å²) in [6.07, 6.45) is -4.13. The number of carbonyl (C=O) groups excluding carboxylic acids is 9. The molecule has 4 aliphatic rings. The van der Waals surface area contributed by atoms with Crippen molar-refractivity contribution in [1.82, 2.24) is 46.4 Å². The minimum absolute atomic E-state index is 0.0239. The predicted octanol–water partition coefficient (Wildman–Crippen LogP) is 2.11. The maximum absolute atomic E-state index is 15.4. The molecule has 0 saturated heterocycles. The van der Waals surface area contributed by atoms with Gasteiger partial charge in [-0.15, -0.1) is 0 Å². The first-order valence-corrected chi connectivity index (χ1v) is 25.2. The van der Waals surface area contributed by atoms with Gasteiger partial charge in [0.1, 0.15) is 25.2 Å². The van der Waals surface area contributed by atoms with Gasteiger partial charge in [0.05, 0.1) is 60.6 Å². The average Bonchev–Trinajstić information content (AvgIpc) is 4.07. The number of alkyl halides is 3. The standard InChI is InChI=1S/C53H55F4N9O12/c1-3-29-31-19-38-47-32(24-66(38)51(75)33(31)25-77-52(29)76)46-35(14-13-30-27(2)34(54)20-36(63-47)45(30)46)64-50(74)48(53(55,56)57)78-26-61-41(69)22-60-49(73)37(18-28-10-6-4-7-11-28)62-42(70)23-59-40(68)21-58-39(67)12-8-5-9-17-65-43(71)15-16-44(65)72/h4,6-7,10-11,15-16,19-20,29,35,37,48H,3,5,8-9,12-14,17-18,21-26H2,1-2H3,(H,58,67)(H,59,68)(H,60,73)(H,61,69)(H,62,70)(H,64,74)/t29-,35+,37+,48-/m1/s1. The van der Waals surface area contributed by atoms with Crippen LogP contribution in [-0.2, 0) is 78.6 Å². The molecule has 2 aromatic heterocycles. The smallest absolute Gasteiger partial charge is 0.423 e. The molecule has 0 unspecified atom stereocenters. The molecule has 412 valence electrons. The Kier molecular flexibility index (Phi) is 17.1. The number of hydrogen-bond donors (Lipinski definition) is 6. The molecule has 8 amide bonds. The molecule has 8 rings (SSSR count). The van der Waals surface area contributed by atoms with E-state index in [1.807, 2.05) is 0 Å². The second kappa shape index (κ2) is 23.9. The summed E-state index contributed by atoms with van der Waals surface area (Å²) < 4.78 is 71.0. The van der Waals surface area contributed by atoms with Crippen molar-refractivity contribution in [2.24, 2.45) is 0 Å². The van der Waals surface area contributed by atoms with Crippen molar-refractivity contribution in [2.75, 3.05) is 32.9 Å². The van der Waals surface area contributed by atoms with Crippen molar-refractivity contribution in [2.45, 2.75) is 109 Å². The van der Waals surface area contributed by atoms with Gasteiger partial charge in [-0.25, -0.2) is 9.37 Å². The largest absolute Gasteiger partial charge is 0.460 e. The molecule has 4 aromatic rings. The van der Waals surface area contributed by atoms with Crippen LogP contribution < -0.4 is 37.5 Å². The maximum Gasteiger partial charge on any atom is 0.423 e. The van der Waals surface area contributed by atoms with E-state index in [1.54, 1.807) is 50.2 Å². The highest BCUT2D eigenvalue weighted by Crippen LogP contribution is 2.46. The van der Waals surface area contributed by atoms with E-state index in [2.05, 4.69) is 31.9 Å². The van der Waals surface area contributed by atoms with Gasteiger partial charge < -0.3 is 45.9 Å². The molecule has 21 nitrogen and oxygen atoms in total. The van der Waals surface area contributed by atoms with Gasteiger partial charge in [-0.2, -0.15) is 13.2 Å². The molecule has 78 heavy (non-hydrogen) atoms. The Labute approximate surface area is 442 Å². The number of halogens is 4. The van der Waals surface area contributed by atoms with E-state index >= 15 is 4.39 Å². The molecule has 6 N–H and O–H groups in total. The molecule has 25 heteroatoms. The lowest BCUT2D eigenvalue weighted by molar-refractivity contribution is -0.220. The molecule has 0 saturated carbocycles. The average molecular weight is 1090 g/mol. The van der Waals surface area contributed by atoms with E-state index in [0.717, 1.165) is 4.90 Å². The first-order chi connectivity index (χ1) is 37.2. The molecule has 1 aliphatic carbocycles. The summed E-state index contributed by atoms with van der Waals surface area (Å²) in [6.45, 7) is 0.166. The number of pyridine rings is 2. The number of fused-ring (bicyclic) bond motifs is 5. The number of amides is 8. The summed E-state index contributed by atoms with van der Waals surface area (Å²) in [6, 6.07) is 8.82. The lowest BCUT2D eigenvalue weighted by atomic mass is 9.81. The molecular weight excluding hydrogens is 1030 g/mol. The number of rotatable bonds is 22. The number of benzene rings is 2. The van der Waals surface area contributed by atoms with Crippen LogP contribution in [0.1, 0.15) is 96.4 Å². The van der Waals surface area contributed by atoms with E-state index in [0.29, 0.717) is 64.6 Å². The van der Waals surface area contributed by atoms with Crippen LogP contribution in [0.3, 0.4) is 0 Å². The van der Waals surface area contributed by atoms with Crippen LogP contribution in [-0.4, -0.2) is 119 Å². The summed E-state index contributed by atoms with van der Waals surface area (Å²) in [5.41, 5.74) is 3.16. The van der Waals surface area contributed by atoms with Crippen molar-refractivity contribution in [3.63, 3.8) is 0 Å². The topological polar surface area (TPSA) is 282 Å². The van der Waals surface area contributed by atoms with Gasteiger partial charge >= 0.3 is 12.1 Å². The number of aryl methyl sites for hydroxylation is 1. The number of unbranched alkanes of at least 4 members (excludes halogenated alkanes) is 2. The zero-order valence-corrected chi connectivity index (χ0v) is 42.4. The number of ether oxygens (including phenoxy) is 2. The first kappa shape index (κ1) is 55.9. The van der Waals surface area contributed by atoms with Gasteiger partial charge in [0, 0.05) is 48.6 Å². The van der Waals surface area contributed by atoms with Crippen molar-refractivity contribution < 1.29 is 70.2 Å². The maximum atomic E-state index is 15.4. The highest BCUT2D eigenvalue weighted by Gasteiger charge is 2.48. The fraction of sp³-hybridized carbons (Fsp3) is 0.415. The van der Waals surface area contributed by atoms with Crippen LogP contribution in [0.4, 0.5) is 17.6 Å². The Hall–Kier alpha value is -8.35. The highest BCUT2D eigenvalue weighted by atomic mass is 19.4. The van der Waals surface area contributed by atoms with E-state index in [1.165, 1.54) is 22.8 Å². The zero-order chi connectivity index (χ0) is 56.0. The van der Waals surface area contributed by atoms with Crippen molar-refractivity contribution in [3.05, 3.63) is 110 Å². The van der Waals surface area contributed by atoms with Crippen molar-refractivity contribution in [1.29, 1.82) is 0 Å².